The lowest BCUT2D eigenvalue weighted by Crippen LogP contribution is -2.13. The van der Waals surface area contributed by atoms with Gasteiger partial charge in [-0.05, 0) is 24.0 Å². The molecular weight excluding hydrogens is 292 g/mol. The molecule has 0 amide bonds. The molecule has 0 aliphatic carbocycles. The van der Waals surface area contributed by atoms with E-state index in [-0.39, 0.29) is 0 Å². The molecule has 0 spiro atoms. The number of nitrogen functional groups attached to an aromatic ring is 1. The number of fused-ring (bicyclic) bond motifs is 1. The van der Waals surface area contributed by atoms with E-state index in [2.05, 4.69) is 48.6 Å². The second-order valence-electron chi connectivity index (χ2n) is 5.41. The molecule has 2 rings (SSSR count). The van der Waals surface area contributed by atoms with E-state index in [0.717, 1.165) is 15.9 Å². The highest BCUT2D eigenvalue weighted by molar-refractivity contribution is 9.10. The first-order valence-electron chi connectivity index (χ1n) is 6.25. The molecule has 0 fully saturated rings. The van der Waals surface area contributed by atoms with Gasteiger partial charge in [-0.3, -0.25) is 0 Å². The van der Waals surface area contributed by atoms with Crippen LogP contribution in [0.25, 0.3) is 11.1 Å². The Morgan fingerprint density at radius 3 is 2.33 bits per heavy atom. The van der Waals surface area contributed by atoms with E-state index in [9.17, 15) is 0 Å². The summed E-state index contributed by atoms with van der Waals surface area (Å²) < 4.78 is 6.81. The van der Waals surface area contributed by atoms with Crippen LogP contribution >= 0.6 is 15.9 Å². The summed E-state index contributed by atoms with van der Waals surface area (Å²) in [5.74, 6) is 2.08. The first-order chi connectivity index (χ1) is 8.40. The van der Waals surface area contributed by atoms with Crippen molar-refractivity contribution in [1.82, 2.24) is 4.98 Å². The first-order valence-corrected chi connectivity index (χ1v) is 7.05. The molecule has 0 atom stereocenters. The van der Waals surface area contributed by atoms with Crippen molar-refractivity contribution in [3.63, 3.8) is 0 Å². The third-order valence-electron chi connectivity index (χ3n) is 3.22. The summed E-state index contributed by atoms with van der Waals surface area (Å²) in [4.78, 5) is 4.60. The van der Waals surface area contributed by atoms with Crippen LogP contribution in [0.15, 0.2) is 21.0 Å². The second kappa shape index (κ2) is 4.92. The second-order valence-corrected chi connectivity index (χ2v) is 6.32. The number of benzene rings is 1. The predicted molar refractivity (Wildman–Crippen MR) is 78.5 cm³/mol. The lowest BCUT2D eigenvalue weighted by molar-refractivity contribution is 0.321. The maximum absolute atomic E-state index is 5.96. The van der Waals surface area contributed by atoms with Gasteiger partial charge in [0.25, 0.3) is 0 Å². The van der Waals surface area contributed by atoms with Crippen LogP contribution in [0.3, 0.4) is 0 Å². The van der Waals surface area contributed by atoms with Gasteiger partial charge in [0.15, 0.2) is 11.5 Å². The van der Waals surface area contributed by atoms with Crippen molar-refractivity contribution < 1.29 is 4.42 Å². The summed E-state index contributed by atoms with van der Waals surface area (Å²) in [6.45, 7) is 8.77. The minimum atomic E-state index is 0.315. The summed E-state index contributed by atoms with van der Waals surface area (Å²) in [5, 5.41) is 0. The molecule has 0 unspecified atom stereocenters. The molecule has 0 aliphatic rings. The molecule has 0 radical (unpaired) electrons. The topological polar surface area (TPSA) is 52.0 Å². The largest absolute Gasteiger partial charge is 0.438 e. The van der Waals surface area contributed by atoms with Gasteiger partial charge < -0.3 is 10.2 Å². The molecule has 18 heavy (non-hydrogen) atoms. The van der Waals surface area contributed by atoms with E-state index < -0.39 is 0 Å². The van der Waals surface area contributed by atoms with Crippen LogP contribution < -0.4 is 5.73 Å². The molecule has 0 bridgehead atoms. The van der Waals surface area contributed by atoms with Gasteiger partial charge in [-0.15, -0.1) is 0 Å². The third-order valence-corrected chi connectivity index (χ3v) is 3.68. The summed E-state index contributed by atoms with van der Waals surface area (Å²) in [7, 11) is 0. The Balaban J connectivity index is 2.55. The monoisotopic (exact) mass is 310 g/mol. The number of nitrogens with two attached hydrogens (primary N) is 1. The number of hydrogen-bond acceptors (Lipinski definition) is 3. The summed E-state index contributed by atoms with van der Waals surface area (Å²) in [6.07, 6.45) is 0. The van der Waals surface area contributed by atoms with Crippen LogP contribution in [0, 0.1) is 11.8 Å². The molecule has 0 saturated heterocycles. The number of halogens is 1. The van der Waals surface area contributed by atoms with Gasteiger partial charge in [0.2, 0.25) is 0 Å². The highest BCUT2D eigenvalue weighted by Gasteiger charge is 2.25. The SMILES string of the molecule is CC(C)C(c1nc2cc(Br)cc(N)c2o1)C(C)C. The zero-order valence-electron chi connectivity index (χ0n) is 11.2. The molecule has 0 aliphatic heterocycles. The van der Waals surface area contributed by atoms with Crippen molar-refractivity contribution in [2.75, 3.05) is 5.73 Å². The number of anilines is 1. The zero-order valence-corrected chi connectivity index (χ0v) is 12.8. The zero-order chi connectivity index (χ0) is 13.4. The van der Waals surface area contributed by atoms with Gasteiger partial charge in [-0.2, -0.15) is 0 Å². The van der Waals surface area contributed by atoms with Crippen molar-refractivity contribution >= 4 is 32.7 Å². The smallest absolute Gasteiger partial charge is 0.199 e. The lowest BCUT2D eigenvalue weighted by atomic mass is 9.85. The van der Waals surface area contributed by atoms with Crippen LogP contribution in [0.5, 0.6) is 0 Å². The Bertz CT molecular complexity index is 552. The van der Waals surface area contributed by atoms with E-state index in [0.29, 0.717) is 29.0 Å². The number of rotatable bonds is 3. The Morgan fingerprint density at radius 1 is 1.17 bits per heavy atom. The fourth-order valence-corrected chi connectivity index (χ4v) is 2.99. The lowest BCUT2D eigenvalue weighted by Gasteiger charge is -2.20. The van der Waals surface area contributed by atoms with E-state index in [4.69, 9.17) is 10.2 Å². The third kappa shape index (κ3) is 2.39. The number of nitrogens with zero attached hydrogens (tertiary/aromatic N) is 1. The number of oxazole rings is 1. The fourth-order valence-electron chi connectivity index (χ4n) is 2.52. The maximum atomic E-state index is 5.96. The number of aromatic nitrogens is 1. The summed E-state index contributed by atoms with van der Waals surface area (Å²) in [6, 6.07) is 3.79. The highest BCUT2D eigenvalue weighted by Crippen LogP contribution is 2.35. The molecule has 4 heteroatoms. The van der Waals surface area contributed by atoms with Crippen molar-refractivity contribution in [3.8, 4) is 0 Å². The molecule has 0 saturated carbocycles. The average molecular weight is 311 g/mol. The molecule has 1 heterocycles. The normalized spacial score (nSPS) is 12.2. The van der Waals surface area contributed by atoms with Gasteiger partial charge in [0, 0.05) is 10.4 Å². The average Bonchev–Trinajstić information content (AvgIpc) is 2.59. The Morgan fingerprint density at radius 2 is 1.78 bits per heavy atom. The van der Waals surface area contributed by atoms with Crippen LogP contribution in [0.4, 0.5) is 5.69 Å². The van der Waals surface area contributed by atoms with Crippen LogP contribution in [0.1, 0.15) is 39.5 Å². The Kier molecular flexibility index (Phi) is 3.66. The molecular formula is C14H19BrN2O. The van der Waals surface area contributed by atoms with E-state index in [1.54, 1.807) is 0 Å². The highest BCUT2D eigenvalue weighted by atomic mass is 79.9. The predicted octanol–water partition coefficient (Wildman–Crippen LogP) is 4.57. The van der Waals surface area contributed by atoms with Gasteiger partial charge in [0.1, 0.15) is 5.52 Å². The van der Waals surface area contributed by atoms with Crippen LogP contribution in [-0.4, -0.2) is 4.98 Å². The van der Waals surface area contributed by atoms with Crippen molar-refractivity contribution in [3.05, 3.63) is 22.5 Å². The van der Waals surface area contributed by atoms with Gasteiger partial charge in [-0.25, -0.2) is 4.98 Å². The van der Waals surface area contributed by atoms with Gasteiger partial charge >= 0.3 is 0 Å². The first kappa shape index (κ1) is 13.4. The van der Waals surface area contributed by atoms with Crippen molar-refractivity contribution in [1.29, 1.82) is 0 Å². The Hall–Kier alpha value is -1.03. The standard InChI is InChI=1S/C14H19BrN2O/c1-7(2)12(8(3)4)14-17-11-6-9(15)5-10(16)13(11)18-14/h5-8,12H,16H2,1-4H3. The van der Waals surface area contributed by atoms with Crippen LogP contribution in [-0.2, 0) is 0 Å². The summed E-state index contributed by atoms with van der Waals surface area (Å²) >= 11 is 3.43. The quantitative estimate of drug-likeness (QED) is 0.845. The molecule has 3 nitrogen and oxygen atoms in total. The molecule has 2 N–H and O–H groups in total. The maximum Gasteiger partial charge on any atom is 0.199 e. The fraction of sp³-hybridized carbons (Fsp3) is 0.500. The molecule has 2 aromatic rings. The van der Waals surface area contributed by atoms with Crippen molar-refractivity contribution in [2.45, 2.75) is 33.6 Å². The molecule has 1 aromatic heterocycles. The van der Waals surface area contributed by atoms with E-state index >= 15 is 0 Å². The Labute approximate surface area is 116 Å². The van der Waals surface area contributed by atoms with Gasteiger partial charge in [0.05, 0.1) is 5.69 Å². The minimum absolute atomic E-state index is 0.315. The minimum Gasteiger partial charge on any atom is -0.438 e. The van der Waals surface area contributed by atoms with E-state index in [1.807, 2.05) is 12.1 Å². The molecule has 98 valence electrons. The molecule has 1 aromatic carbocycles. The van der Waals surface area contributed by atoms with Crippen LogP contribution in [0.2, 0.25) is 0 Å². The van der Waals surface area contributed by atoms with Crippen molar-refractivity contribution in [2.24, 2.45) is 11.8 Å². The van der Waals surface area contributed by atoms with E-state index in [1.165, 1.54) is 0 Å². The number of hydrogen-bond donors (Lipinski definition) is 1. The summed E-state index contributed by atoms with van der Waals surface area (Å²) in [5.41, 5.74) is 8.10. The van der Waals surface area contributed by atoms with Gasteiger partial charge in [-0.1, -0.05) is 43.6 Å².